The number of nitrogens with zero attached hydrogens (tertiary/aromatic N) is 1. The van der Waals surface area contributed by atoms with Crippen molar-refractivity contribution in [2.75, 3.05) is 4.90 Å². The second-order valence-corrected chi connectivity index (χ2v) is 13.7. The number of fused-ring (bicyclic) bond motifs is 4. The van der Waals surface area contributed by atoms with Crippen LogP contribution in [0.1, 0.15) is 61.0 Å². The van der Waals surface area contributed by atoms with E-state index < -0.39 is 6.85 Å². The summed E-state index contributed by atoms with van der Waals surface area (Å²) in [6.45, 7) is 11.0. The van der Waals surface area contributed by atoms with E-state index in [1.54, 1.807) is 0 Å². The van der Waals surface area contributed by atoms with E-state index in [2.05, 4.69) is 156 Å². The maximum absolute atomic E-state index is 8.67. The lowest BCUT2D eigenvalue weighted by atomic mass is 9.81. The standard InChI is InChI=1S/C43H41N/c1-28-21-22-31(30-15-9-8-10-16-30)26-41(28)44(42(3,4)5)40-24-23-33(32-17-11-12-19-35(32)40)36-27-37-34-18-13-14-20-38(34)43(6,7)39(37)25-29(36)2/h8-27H,1-7H3/i2D3. The Morgan fingerprint density at radius 2 is 1.25 bits per heavy atom. The van der Waals surface area contributed by atoms with Crippen LogP contribution in [0.5, 0.6) is 0 Å². The molecule has 0 N–H and O–H groups in total. The fourth-order valence-corrected chi connectivity index (χ4v) is 7.20. The molecule has 0 aliphatic heterocycles. The minimum absolute atomic E-state index is 0.253. The average Bonchev–Trinajstić information content (AvgIpc) is 3.26. The highest BCUT2D eigenvalue weighted by molar-refractivity contribution is 6.06. The van der Waals surface area contributed by atoms with Crippen LogP contribution in [-0.4, -0.2) is 5.54 Å². The zero-order chi connectivity index (χ0) is 33.3. The van der Waals surface area contributed by atoms with Crippen molar-refractivity contribution >= 4 is 22.1 Å². The molecule has 6 aromatic rings. The molecular weight excluding hydrogens is 530 g/mol. The van der Waals surface area contributed by atoms with Gasteiger partial charge in [0.1, 0.15) is 0 Å². The molecular formula is C43H41N. The van der Waals surface area contributed by atoms with E-state index in [1.165, 1.54) is 27.8 Å². The lowest BCUT2D eigenvalue weighted by molar-refractivity contribution is 0.560. The van der Waals surface area contributed by atoms with E-state index in [9.17, 15) is 0 Å². The fraction of sp³-hybridized carbons (Fsp3) is 0.209. The predicted molar refractivity (Wildman–Crippen MR) is 190 cm³/mol. The molecule has 0 atom stereocenters. The monoisotopic (exact) mass is 574 g/mol. The number of rotatable bonds is 4. The number of aryl methyl sites for hydroxylation is 2. The Labute approximate surface area is 267 Å². The minimum Gasteiger partial charge on any atom is -0.335 e. The maximum Gasteiger partial charge on any atom is 0.0495 e. The predicted octanol–water partition coefficient (Wildman–Crippen LogP) is 12.0. The molecule has 0 aromatic heterocycles. The van der Waals surface area contributed by atoms with Gasteiger partial charge in [-0.3, -0.25) is 0 Å². The first-order chi connectivity index (χ1) is 22.3. The first kappa shape index (κ1) is 24.8. The van der Waals surface area contributed by atoms with Crippen LogP contribution < -0.4 is 4.90 Å². The zero-order valence-corrected chi connectivity index (χ0v) is 26.5. The van der Waals surface area contributed by atoms with E-state index in [-0.39, 0.29) is 11.0 Å². The Morgan fingerprint density at radius 1 is 0.545 bits per heavy atom. The average molecular weight is 575 g/mol. The molecule has 1 heteroatoms. The summed E-state index contributed by atoms with van der Waals surface area (Å²) >= 11 is 0. The van der Waals surface area contributed by atoms with Crippen molar-refractivity contribution in [2.45, 2.75) is 59.3 Å². The largest absolute Gasteiger partial charge is 0.335 e. The molecule has 218 valence electrons. The molecule has 1 aliphatic rings. The Bertz CT molecular complexity index is 2150. The molecule has 0 unspecified atom stereocenters. The van der Waals surface area contributed by atoms with Gasteiger partial charge in [0.05, 0.1) is 0 Å². The molecule has 0 bridgehead atoms. The van der Waals surface area contributed by atoms with Crippen LogP contribution in [0.25, 0.3) is 44.2 Å². The number of hydrogen-bond acceptors (Lipinski definition) is 1. The molecule has 0 spiro atoms. The normalized spacial score (nSPS) is 14.8. The lowest BCUT2D eigenvalue weighted by Crippen LogP contribution is -2.38. The summed E-state index contributed by atoms with van der Waals surface area (Å²) in [5, 5.41) is 2.12. The quantitative estimate of drug-likeness (QED) is 0.202. The molecule has 0 radical (unpaired) electrons. The van der Waals surface area contributed by atoms with Gasteiger partial charge >= 0.3 is 0 Å². The first-order valence-corrected chi connectivity index (χ1v) is 15.5. The van der Waals surface area contributed by atoms with Crippen LogP contribution in [0.15, 0.2) is 121 Å². The second kappa shape index (κ2) is 10.2. The van der Waals surface area contributed by atoms with E-state index >= 15 is 0 Å². The molecule has 0 saturated carbocycles. The van der Waals surface area contributed by atoms with Crippen LogP contribution in [0.4, 0.5) is 11.4 Å². The van der Waals surface area contributed by atoms with Gasteiger partial charge in [-0.25, -0.2) is 0 Å². The summed E-state index contributed by atoms with van der Waals surface area (Å²) in [6, 6.07) is 42.5. The summed E-state index contributed by atoms with van der Waals surface area (Å²) in [7, 11) is 0. The third-order valence-electron chi connectivity index (χ3n) is 9.38. The van der Waals surface area contributed by atoms with Crippen LogP contribution in [0.2, 0.25) is 0 Å². The van der Waals surface area contributed by atoms with Gasteiger partial charge < -0.3 is 4.90 Å². The third kappa shape index (κ3) is 4.46. The van der Waals surface area contributed by atoms with Gasteiger partial charge in [0.2, 0.25) is 0 Å². The van der Waals surface area contributed by atoms with Gasteiger partial charge in [-0.05, 0) is 114 Å². The van der Waals surface area contributed by atoms with Crippen molar-refractivity contribution < 1.29 is 4.11 Å². The maximum atomic E-state index is 8.67. The lowest BCUT2D eigenvalue weighted by Gasteiger charge is -2.40. The Kier molecular flexibility index (Phi) is 5.77. The molecule has 6 aromatic carbocycles. The first-order valence-electron chi connectivity index (χ1n) is 17.0. The van der Waals surface area contributed by atoms with E-state index in [1.807, 2.05) is 12.1 Å². The van der Waals surface area contributed by atoms with Gasteiger partial charge in [0, 0.05) is 31.8 Å². The molecule has 0 amide bonds. The van der Waals surface area contributed by atoms with Crippen molar-refractivity contribution in [1.29, 1.82) is 0 Å². The summed E-state index contributed by atoms with van der Waals surface area (Å²) < 4.78 is 26.0. The van der Waals surface area contributed by atoms with Gasteiger partial charge in [0.25, 0.3) is 0 Å². The highest BCUT2D eigenvalue weighted by Gasteiger charge is 2.36. The molecule has 1 nitrogen and oxygen atoms in total. The van der Waals surface area contributed by atoms with Gasteiger partial charge in [-0.2, -0.15) is 0 Å². The molecule has 0 heterocycles. The molecule has 1 aliphatic carbocycles. The van der Waals surface area contributed by atoms with Crippen LogP contribution in [0, 0.1) is 13.8 Å². The van der Waals surface area contributed by atoms with Crippen LogP contribution in [0.3, 0.4) is 0 Å². The summed E-state index contributed by atoms with van der Waals surface area (Å²) in [6.07, 6.45) is 0. The molecule has 44 heavy (non-hydrogen) atoms. The van der Waals surface area contributed by atoms with Crippen molar-refractivity contribution in [1.82, 2.24) is 0 Å². The van der Waals surface area contributed by atoms with Crippen molar-refractivity contribution in [3.63, 3.8) is 0 Å². The Balaban J connectivity index is 1.47. The minimum atomic E-state index is -2.28. The molecule has 7 rings (SSSR count). The summed E-state index contributed by atoms with van der Waals surface area (Å²) in [4.78, 5) is 2.44. The molecule has 0 saturated heterocycles. The smallest absolute Gasteiger partial charge is 0.0495 e. The van der Waals surface area contributed by atoms with Gasteiger partial charge in [-0.1, -0.05) is 117 Å². The van der Waals surface area contributed by atoms with Gasteiger partial charge in [-0.15, -0.1) is 0 Å². The molecule has 0 fully saturated rings. The zero-order valence-electron chi connectivity index (χ0n) is 29.5. The highest BCUT2D eigenvalue weighted by Crippen LogP contribution is 2.51. The highest BCUT2D eigenvalue weighted by atomic mass is 15.2. The van der Waals surface area contributed by atoms with Gasteiger partial charge in [0.15, 0.2) is 0 Å². The van der Waals surface area contributed by atoms with E-state index in [0.717, 1.165) is 44.4 Å². The van der Waals surface area contributed by atoms with Crippen molar-refractivity contribution in [2.24, 2.45) is 0 Å². The summed E-state index contributed by atoms with van der Waals surface area (Å²) in [5.41, 5.74) is 12.0. The Morgan fingerprint density at radius 3 is 2.00 bits per heavy atom. The fourth-order valence-electron chi connectivity index (χ4n) is 7.20. The van der Waals surface area contributed by atoms with E-state index in [0.29, 0.717) is 5.56 Å². The SMILES string of the molecule is [2H]C([2H])([2H])c1cc2c(cc1-c1ccc(N(c3cc(-c4ccccc4)ccc3C)C(C)(C)C)c3ccccc13)-c1ccccc1C2(C)C. The van der Waals surface area contributed by atoms with Crippen molar-refractivity contribution in [3.8, 4) is 33.4 Å². The van der Waals surface area contributed by atoms with Crippen LogP contribution >= 0.6 is 0 Å². The summed E-state index contributed by atoms with van der Waals surface area (Å²) in [5.74, 6) is 0. The number of hydrogen-bond donors (Lipinski definition) is 0. The number of benzene rings is 6. The number of anilines is 2. The topological polar surface area (TPSA) is 3.24 Å². The van der Waals surface area contributed by atoms with E-state index in [4.69, 9.17) is 4.11 Å². The Hall–Kier alpha value is -4.62. The van der Waals surface area contributed by atoms with Crippen LogP contribution in [-0.2, 0) is 5.41 Å². The second-order valence-electron chi connectivity index (χ2n) is 13.7. The van der Waals surface area contributed by atoms with Crippen molar-refractivity contribution in [3.05, 3.63) is 144 Å². The third-order valence-corrected chi connectivity index (χ3v) is 9.38.